The Morgan fingerprint density at radius 2 is 1.76 bits per heavy atom. The summed E-state index contributed by atoms with van der Waals surface area (Å²) in [5.74, 6) is 0.376. The lowest BCUT2D eigenvalue weighted by Gasteiger charge is -2.17. The second-order valence-electron chi connectivity index (χ2n) is 7.36. The molecule has 0 bridgehead atoms. The van der Waals surface area contributed by atoms with Gasteiger partial charge in [0.25, 0.3) is 5.91 Å². The number of halogens is 4. The van der Waals surface area contributed by atoms with Crippen LogP contribution in [0.15, 0.2) is 71.9 Å². The van der Waals surface area contributed by atoms with Crippen molar-refractivity contribution in [2.45, 2.75) is 23.9 Å². The zero-order valence-electron chi connectivity index (χ0n) is 17.8. The van der Waals surface area contributed by atoms with Gasteiger partial charge in [-0.3, -0.25) is 9.36 Å². The number of rotatable bonds is 7. The highest BCUT2D eigenvalue weighted by atomic mass is 35.5. The minimum Gasteiger partial charge on any atom is -0.342 e. The van der Waals surface area contributed by atoms with Gasteiger partial charge in [0.15, 0.2) is 11.0 Å². The largest absolute Gasteiger partial charge is 0.342 e. The molecule has 0 fully saturated rings. The smallest absolute Gasteiger partial charge is 0.253 e. The molecule has 1 amide bonds. The normalized spacial score (nSPS) is 11.9. The number of thioether (sulfide) groups is 1. The van der Waals surface area contributed by atoms with E-state index in [9.17, 15) is 9.18 Å². The summed E-state index contributed by atoms with van der Waals surface area (Å²) in [4.78, 5) is 12.8. The number of carbonyl (C=O) groups is 1. The third-order valence-electron chi connectivity index (χ3n) is 4.94. The lowest BCUT2D eigenvalue weighted by molar-refractivity contribution is 0.0938. The number of amides is 1. The highest BCUT2D eigenvalue weighted by molar-refractivity contribution is 7.98. The molecule has 0 radical (unpaired) electrons. The lowest BCUT2D eigenvalue weighted by Crippen LogP contribution is -2.29. The second kappa shape index (κ2) is 10.8. The van der Waals surface area contributed by atoms with Crippen molar-refractivity contribution in [3.63, 3.8) is 0 Å². The summed E-state index contributed by atoms with van der Waals surface area (Å²) >= 11 is 20.2. The fourth-order valence-corrected chi connectivity index (χ4v) is 4.88. The fourth-order valence-electron chi connectivity index (χ4n) is 3.26. The van der Waals surface area contributed by atoms with Gasteiger partial charge in [0.1, 0.15) is 5.82 Å². The maximum Gasteiger partial charge on any atom is 0.253 e. The van der Waals surface area contributed by atoms with Crippen LogP contribution >= 0.6 is 46.6 Å². The molecule has 5 nitrogen and oxygen atoms in total. The molecule has 1 unspecified atom stereocenters. The first-order valence-electron chi connectivity index (χ1n) is 10.2. The van der Waals surface area contributed by atoms with Crippen LogP contribution in [-0.2, 0) is 5.75 Å². The third-order valence-corrected chi connectivity index (χ3v) is 6.81. The highest BCUT2D eigenvalue weighted by Gasteiger charge is 2.23. The zero-order valence-corrected chi connectivity index (χ0v) is 20.9. The minimum absolute atomic E-state index is 0.296. The first-order chi connectivity index (χ1) is 16.3. The number of benzene rings is 3. The summed E-state index contributed by atoms with van der Waals surface area (Å²) in [5, 5.41) is 13.4. The van der Waals surface area contributed by atoms with E-state index >= 15 is 0 Å². The standard InChI is InChI=1S/C24H18Cl3FN4OS/c1-14(29-23(33)18-4-2-3-5-19(18)26)22-30-31-24(34-13-15-6-9-17(28)10-7-15)32(22)21-11-8-16(25)12-20(21)27/h2-12,14H,13H2,1H3,(H,29,33). The molecule has 1 aromatic heterocycles. The van der Waals surface area contributed by atoms with Crippen LogP contribution < -0.4 is 5.32 Å². The molecule has 1 heterocycles. The van der Waals surface area contributed by atoms with Gasteiger partial charge in [-0.2, -0.15) is 0 Å². The Labute approximate surface area is 215 Å². The van der Waals surface area contributed by atoms with E-state index in [4.69, 9.17) is 34.8 Å². The van der Waals surface area contributed by atoms with E-state index in [1.165, 1.54) is 23.9 Å². The van der Waals surface area contributed by atoms with Crippen molar-refractivity contribution >= 4 is 52.5 Å². The summed E-state index contributed by atoms with van der Waals surface area (Å²) in [6.07, 6.45) is 0. The number of nitrogens with one attached hydrogen (secondary N) is 1. The van der Waals surface area contributed by atoms with Gasteiger partial charge in [0, 0.05) is 10.8 Å². The molecule has 0 spiro atoms. The van der Waals surface area contributed by atoms with Crippen LogP contribution in [-0.4, -0.2) is 20.7 Å². The molecule has 34 heavy (non-hydrogen) atoms. The first kappa shape index (κ1) is 24.5. The van der Waals surface area contributed by atoms with E-state index in [1.54, 1.807) is 66.1 Å². The number of hydrogen-bond acceptors (Lipinski definition) is 4. The Bertz CT molecular complexity index is 1330. The van der Waals surface area contributed by atoms with Crippen molar-refractivity contribution in [2.75, 3.05) is 0 Å². The quantitative estimate of drug-likeness (QED) is 0.255. The molecular weight excluding hydrogens is 518 g/mol. The van der Waals surface area contributed by atoms with Gasteiger partial charge in [-0.25, -0.2) is 4.39 Å². The molecule has 1 N–H and O–H groups in total. The molecule has 10 heteroatoms. The van der Waals surface area contributed by atoms with E-state index in [-0.39, 0.29) is 11.7 Å². The minimum atomic E-state index is -0.525. The molecule has 4 rings (SSSR count). The summed E-state index contributed by atoms with van der Waals surface area (Å²) in [7, 11) is 0. The van der Waals surface area contributed by atoms with E-state index < -0.39 is 6.04 Å². The molecule has 4 aromatic rings. The Kier molecular flexibility index (Phi) is 7.78. The highest BCUT2D eigenvalue weighted by Crippen LogP contribution is 2.32. The van der Waals surface area contributed by atoms with Crippen molar-refractivity contribution in [2.24, 2.45) is 0 Å². The van der Waals surface area contributed by atoms with Gasteiger partial charge < -0.3 is 5.32 Å². The molecule has 174 valence electrons. The molecular formula is C24H18Cl3FN4OS. The number of aromatic nitrogens is 3. The predicted octanol–water partition coefficient (Wildman–Crippen LogP) is 7.15. The van der Waals surface area contributed by atoms with Gasteiger partial charge >= 0.3 is 0 Å². The summed E-state index contributed by atoms with van der Waals surface area (Å²) in [6.45, 7) is 1.80. The molecule has 0 aliphatic heterocycles. The van der Waals surface area contributed by atoms with E-state index in [0.717, 1.165) is 5.56 Å². The average molecular weight is 536 g/mol. The Morgan fingerprint density at radius 1 is 1.03 bits per heavy atom. The van der Waals surface area contributed by atoms with Crippen LogP contribution in [0.1, 0.15) is 34.7 Å². The van der Waals surface area contributed by atoms with Crippen LogP contribution in [0.2, 0.25) is 15.1 Å². The average Bonchev–Trinajstić information content (AvgIpc) is 3.23. The van der Waals surface area contributed by atoms with Crippen molar-refractivity contribution in [3.8, 4) is 5.69 Å². The van der Waals surface area contributed by atoms with Gasteiger partial charge in [-0.1, -0.05) is 70.8 Å². The summed E-state index contributed by atoms with van der Waals surface area (Å²) in [6, 6.07) is 17.6. The SMILES string of the molecule is CC(NC(=O)c1ccccc1Cl)c1nnc(SCc2ccc(F)cc2)n1-c1ccc(Cl)cc1Cl. The van der Waals surface area contributed by atoms with Gasteiger partial charge in [-0.05, 0) is 55.0 Å². The maximum atomic E-state index is 13.3. The molecule has 0 aliphatic rings. The summed E-state index contributed by atoms with van der Waals surface area (Å²) < 4.78 is 15.0. The molecule has 3 aromatic carbocycles. The topological polar surface area (TPSA) is 59.8 Å². The Morgan fingerprint density at radius 3 is 2.47 bits per heavy atom. The van der Waals surface area contributed by atoms with Gasteiger partial charge in [0.2, 0.25) is 0 Å². The van der Waals surface area contributed by atoms with Gasteiger partial charge in [-0.15, -0.1) is 10.2 Å². The molecule has 0 saturated carbocycles. The van der Waals surface area contributed by atoms with Crippen LogP contribution in [0.5, 0.6) is 0 Å². The van der Waals surface area contributed by atoms with E-state index in [1.807, 2.05) is 0 Å². The first-order valence-corrected chi connectivity index (χ1v) is 12.3. The second-order valence-corrected chi connectivity index (χ2v) is 9.56. The van der Waals surface area contributed by atoms with Crippen molar-refractivity contribution in [1.29, 1.82) is 0 Å². The lowest BCUT2D eigenvalue weighted by atomic mass is 10.2. The number of hydrogen-bond donors (Lipinski definition) is 1. The maximum absolute atomic E-state index is 13.3. The fraction of sp³-hybridized carbons (Fsp3) is 0.125. The summed E-state index contributed by atoms with van der Waals surface area (Å²) in [5.41, 5.74) is 1.90. The van der Waals surface area contributed by atoms with Crippen molar-refractivity contribution < 1.29 is 9.18 Å². The molecule has 1 atom stereocenters. The molecule has 0 aliphatic carbocycles. The van der Waals surface area contributed by atoms with Crippen molar-refractivity contribution in [1.82, 2.24) is 20.1 Å². The predicted molar refractivity (Wildman–Crippen MR) is 135 cm³/mol. The van der Waals surface area contributed by atoms with Crippen LogP contribution in [0.4, 0.5) is 4.39 Å². The van der Waals surface area contributed by atoms with E-state index in [0.29, 0.717) is 43.1 Å². The Balaban J connectivity index is 1.66. The third kappa shape index (κ3) is 5.55. The van der Waals surface area contributed by atoms with Crippen LogP contribution in [0.25, 0.3) is 5.69 Å². The zero-order chi connectivity index (χ0) is 24.2. The van der Waals surface area contributed by atoms with E-state index in [2.05, 4.69) is 15.5 Å². The number of nitrogens with zero attached hydrogens (tertiary/aromatic N) is 3. The van der Waals surface area contributed by atoms with Crippen molar-refractivity contribution in [3.05, 3.63) is 105 Å². The van der Waals surface area contributed by atoms with Crippen LogP contribution in [0.3, 0.4) is 0 Å². The van der Waals surface area contributed by atoms with Gasteiger partial charge in [0.05, 0.1) is 27.3 Å². The molecule has 0 saturated heterocycles. The Hall–Kier alpha value is -2.58. The number of carbonyl (C=O) groups excluding carboxylic acids is 1. The van der Waals surface area contributed by atoms with Crippen LogP contribution in [0, 0.1) is 5.82 Å². The monoisotopic (exact) mass is 534 g/mol.